The van der Waals surface area contributed by atoms with E-state index < -0.39 is 11.9 Å². The van der Waals surface area contributed by atoms with Crippen molar-refractivity contribution in [3.05, 3.63) is 65.9 Å². The number of Topliss-reactive ketones (excluding diaryl/α,β-unsaturated/α-hetero) is 1. The molecule has 4 rings (SSSR count). The van der Waals surface area contributed by atoms with Crippen LogP contribution in [0.1, 0.15) is 33.7 Å². The number of H-pyrrole nitrogens is 1. The van der Waals surface area contributed by atoms with Crippen LogP contribution in [0.4, 0.5) is 0 Å². The fourth-order valence-corrected chi connectivity index (χ4v) is 2.89. The Hall–Kier alpha value is -3.81. The van der Waals surface area contributed by atoms with Gasteiger partial charge in [0.25, 0.3) is 0 Å². The number of aromatic nitrogens is 5. The summed E-state index contributed by atoms with van der Waals surface area (Å²) in [5, 5.41) is 13.2. The van der Waals surface area contributed by atoms with E-state index in [0.29, 0.717) is 22.5 Å². The number of tetrazole rings is 1. The number of aromatic amines is 1. The Balaban J connectivity index is 1.60. The van der Waals surface area contributed by atoms with E-state index in [4.69, 9.17) is 5.73 Å². The van der Waals surface area contributed by atoms with Gasteiger partial charge in [-0.05, 0) is 30.3 Å². The van der Waals surface area contributed by atoms with Gasteiger partial charge in [0.1, 0.15) is 6.04 Å². The quantitative estimate of drug-likeness (QED) is 0.529. The number of nitrogens with zero attached hydrogens (tertiary/aromatic N) is 4. The van der Waals surface area contributed by atoms with Crippen LogP contribution in [0.25, 0.3) is 22.3 Å². The molecule has 3 N–H and O–H groups in total. The Labute approximate surface area is 154 Å². The first-order valence-corrected chi connectivity index (χ1v) is 8.34. The van der Waals surface area contributed by atoms with Crippen molar-refractivity contribution in [1.29, 1.82) is 0 Å². The van der Waals surface area contributed by atoms with E-state index in [-0.39, 0.29) is 5.78 Å². The number of nitrogens with two attached hydrogens (primary N) is 1. The number of nitrogens with one attached hydrogen (secondary N) is 1. The van der Waals surface area contributed by atoms with Crippen molar-refractivity contribution in [2.75, 3.05) is 0 Å². The summed E-state index contributed by atoms with van der Waals surface area (Å²) in [6.07, 6.45) is 1.70. The third-order valence-electron chi connectivity index (χ3n) is 4.44. The molecule has 0 aliphatic rings. The number of hydrogen-bond donors (Lipinski definition) is 2. The highest BCUT2D eigenvalue weighted by Gasteiger charge is 2.22. The minimum Gasteiger partial charge on any atom is -0.366 e. The van der Waals surface area contributed by atoms with Gasteiger partial charge in [-0.15, -0.1) is 10.2 Å². The van der Waals surface area contributed by atoms with Crippen LogP contribution in [0, 0.1) is 0 Å². The number of carbonyl (C=O) groups is 2. The second-order valence-corrected chi connectivity index (χ2v) is 6.16. The molecule has 2 heterocycles. The Kier molecular flexibility index (Phi) is 4.00. The van der Waals surface area contributed by atoms with Gasteiger partial charge in [0, 0.05) is 33.8 Å². The van der Waals surface area contributed by atoms with Crippen LogP contribution in [-0.4, -0.2) is 36.9 Å². The fourth-order valence-electron chi connectivity index (χ4n) is 2.89. The summed E-state index contributed by atoms with van der Waals surface area (Å²) in [6, 6.07) is 13.6. The normalized spacial score (nSPS) is 12.2. The van der Waals surface area contributed by atoms with Crippen LogP contribution in [-0.2, 0) is 0 Å². The molecule has 0 aliphatic heterocycles. The SMILES string of the molecule is C[C@H](C(=O)c1c[nH]c2ccccc12)n1nnc(-c2ccc(C(N)=O)cc2)n1. The van der Waals surface area contributed by atoms with Crippen molar-refractivity contribution in [3.63, 3.8) is 0 Å². The molecule has 0 bridgehead atoms. The summed E-state index contributed by atoms with van der Waals surface area (Å²) in [7, 11) is 0. The Bertz CT molecular complexity index is 1140. The van der Waals surface area contributed by atoms with Gasteiger partial charge in [0.15, 0.2) is 5.78 Å². The summed E-state index contributed by atoms with van der Waals surface area (Å²) in [5.74, 6) is -0.249. The molecule has 0 radical (unpaired) electrons. The lowest BCUT2D eigenvalue weighted by atomic mass is 10.1. The molecule has 1 atom stereocenters. The number of benzene rings is 2. The van der Waals surface area contributed by atoms with Crippen LogP contribution in [0.3, 0.4) is 0 Å². The number of ketones is 1. The van der Waals surface area contributed by atoms with E-state index >= 15 is 0 Å². The highest BCUT2D eigenvalue weighted by atomic mass is 16.1. The fraction of sp³-hybridized carbons (Fsp3) is 0.105. The number of para-hydroxylation sites is 1. The third kappa shape index (κ3) is 2.97. The van der Waals surface area contributed by atoms with Gasteiger partial charge in [-0.1, -0.05) is 30.3 Å². The van der Waals surface area contributed by atoms with E-state index in [0.717, 1.165) is 10.9 Å². The molecule has 1 amide bonds. The predicted octanol–water partition coefficient (Wildman–Crippen LogP) is 2.36. The Morgan fingerprint density at radius 2 is 1.85 bits per heavy atom. The monoisotopic (exact) mass is 360 g/mol. The molecule has 0 aliphatic carbocycles. The highest BCUT2D eigenvalue weighted by Crippen LogP contribution is 2.23. The van der Waals surface area contributed by atoms with Crippen LogP contribution in [0.2, 0.25) is 0 Å². The number of fused-ring (bicyclic) bond motifs is 1. The van der Waals surface area contributed by atoms with Gasteiger partial charge in [0.05, 0.1) is 0 Å². The number of rotatable bonds is 5. The Morgan fingerprint density at radius 1 is 1.11 bits per heavy atom. The third-order valence-corrected chi connectivity index (χ3v) is 4.44. The van der Waals surface area contributed by atoms with Gasteiger partial charge in [0.2, 0.25) is 11.7 Å². The van der Waals surface area contributed by atoms with Gasteiger partial charge in [-0.3, -0.25) is 9.59 Å². The standard InChI is InChI=1S/C19H16N6O2/c1-11(17(26)15-10-21-16-5-3-2-4-14(15)16)25-23-19(22-24-25)13-8-6-12(7-9-13)18(20)27/h2-11,21H,1H3,(H2,20,27)/t11-/m1/s1. The maximum Gasteiger partial charge on any atom is 0.248 e. The molecule has 0 spiro atoms. The highest BCUT2D eigenvalue weighted by molar-refractivity contribution is 6.09. The zero-order valence-electron chi connectivity index (χ0n) is 14.5. The molecular formula is C19H16N6O2. The summed E-state index contributed by atoms with van der Waals surface area (Å²) in [4.78, 5) is 28.4. The molecule has 0 saturated carbocycles. The predicted molar refractivity (Wildman–Crippen MR) is 99.1 cm³/mol. The second kappa shape index (κ2) is 6.49. The summed E-state index contributed by atoms with van der Waals surface area (Å²) >= 11 is 0. The topological polar surface area (TPSA) is 120 Å². The van der Waals surface area contributed by atoms with Crippen molar-refractivity contribution in [2.45, 2.75) is 13.0 Å². The van der Waals surface area contributed by atoms with Gasteiger partial charge in [-0.2, -0.15) is 4.80 Å². The van der Waals surface area contributed by atoms with Crippen molar-refractivity contribution in [3.8, 4) is 11.4 Å². The zero-order chi connectivity index (χ0) is 19.0. The lowest BCUT2D eigenvalue weighted by molar-refractivity contribution is 0.0919. The number of carbonyl (C=O) groups excluding carboxylic acids is 2. The summed E-state index contributed by atoms with van der Waals surface area (Å²) in [6.45, 7) is 1.73. The first kappa shape index (κ1) is 16.6. The van der Waals surface area contributed by atoms with Gasteiger partial charge in [-0.25, -0.2) is 0 Å². The maximum atomic E-state index is 12.9. The lowest BCUT2D eigenvalue weighted by Gasteiger charge is -2.07. The molecule has 27 heavy (non-hydrogen) atoms. The van der Waals surface area contributed by atoms with E-state index in [1.807, 2.05) is 24.3 Å². The van der Waals surface area contributed by atoms with E-state index in [9.17, 15) is 9.59 Å². The number of amides is 1. The molecule has 2 aromatic heterocycles. The lowest BCUT2D eigenvalue weighted by Crippen LogP contribution is -2.19. The molecule has 0 saturated heterocycles. The van der Waals surface area contributed by atoms with E-state index in [1.54, 1.807) is 37.4 Å². The molecular weight excluding hydrogens is 344 g/mol. The molecule has 0 unspecified atom stereocenters. The maximum absolute atomic E-state index is 12.9. The van der Waals surface area contributed by atoms with Crippen LogP contribution in [0.5, 0.6) is 0 Å². The van der Waals surface area contributed by atoms with E-state index in [1.165, 1.54) is 4.80 Å². The first-order chi connectivity index (χ1) is 13.0. The Morgan fingerprint density at radius 3 is 2.59 bits per heavy atom. The largest absolute Gasteiger partial charge is 0.366 e. The van der Waals surface area contributed by atoms with E-state index in [2.05, 4.69) is 20.4 Å². The van der Waals surface area contributed by atoms with Gasteiger partial charge >= 0.3 is 0 Å². The van der Waals surface area contributed by atoms with Crippen LogP contribution in [0.15, 0.2) is 54.7 Å². The van der Waals surface area contributed by atoms with Crippen molar-refractivity contribution in [1.82, 2.24) is 25.2 Å². The minimum absolute atomic E-state index is 0.111. The molecule has 8 nitrogen and oxygen atoms in total. The molecule has 2 aromatic carbocycles. The summed E-state index contributed by atoms with van der Waals surface area (Å²) < 4.78 is 0. The minimum atomic E-state index is -0.615. The van der Waals surface area contributed by atoms with Crippen LogP contribution < -0.4 is 5.73 Å². The number of hydrogen-bond acceptors (Lipinski definition) is 5. The molecule has 8 heteroatoms. The van der Waals surface area contributed by atoms with Crippen LogP contribution >= 0.6 is 0 Å². The smallest absolute Gasteiger partial charge is 0.248 e. The average Bonchev–Trinajstić information content (AvgIpc) is 3.34. The van der Waals surface area contributed by atoms with Gasteiger partial charge < -0.3 is 10.7 Å². The second-order valence-electron chi connectivity index (χ2n) is 6.16. The number of primary amides is 1. The van der Waals surface area contributed by atoms with Crippen molar-refractivity contribution in [2.24, 2.45) is 5.73 Å². The molecule has 0 fully saturated rings. The zero-order valence-corrected chi connectivity index (χ0v) is 14.5. The first-order valence-electron chi connectivity index (χ1n) is 8.34. The average molecular weight is 360 g/mol. The molecule has 4 aromatic rings. The summed E-state index contributed by atoms with van der Waals surface area (Å²) in [5.41, 5.74) is 7.80. The van der Waals surface area contributed by atoms with Crippen molar-refractivity contribution < 1.29 is 9.59 Å². The molecule has 134 valence electrons. The van der Waals surface area contributed by atoms with Crippen molar-refractivity contribution >= 4 is 22.6 Å².